The monoisotopic (exact) mass is 236 g/mol. The van der Waals surface area contributed by atoms with Gasteiger partial charge in [0.2, 0.25) is 5.16 Å². The second kappa shape index (κ2) is 4.63. The standard InChI is InChI=1S/C10H12N4OS/c1-7(15)8-5-3-4-6-9(8)16-10-11-12-13-14(10)2/h3-7,15H,1-2H3. The van der Waals surface area contributed by atoms with Gasteiger partial charge in [0.15, 0.2) is 0 Å². The Morgan fingerprint density at radius 2 is 2.12 bits per heavy atom. The fourth-order valence-electron chi connectivity index (χ4n) is 1.32. The zero-order valence-corrected chi connectivity index (χ0v) is 9.85. The number of tetrazole rings is 1. The lowest BCUT2D eigenvalue weighted by Crippen LogP contribution is -1.96. The van der Waals surface area contributed by atoms with Gasteiger partial charge in [-0.2, -0.15) is 0 Å². The van der Waals surface area contributed by atoms with Crippen LogP contribution in [0.3, 0.4) is 0 Å². The highest BCUT2D eigenvalue weighted by molar-refractivity contribution is 7.99. The Hall–Kier alpha value is -1.40. The number of aryl methyl sites for hydroxylation is 1. The summed E-state index contributed by atoms with van der Waals surface area (Å²) in [5, 5.41) is 21.6. The van der Waals surface area contributed by atoms with E-state index in [1.54, 1.807) is 18.7 Å². The lowest BCUT2D eigenvalue weighted by atomic mass is 10.1. The van der Waals surface area contributed by atoms with Crippen molar-refractivity contribution in [2.24, 2.45) is 7.05 Å². The van der Waals surface area contributed by atoms with Crippen LogP contribution >= 0.6 is 11.8 Å². The van der Waals surface area contributed by atoms with Crippen LogP contribution in [0.4, 0.5) is 0 Å². The summed E-state index contributed by atoms with van der Waals surface area (Å²) in [6, 6.07) is 7.68. The second-order valence-electron chi connectivity index (χ2n) is 3.40. The van der Waals surface area contributed by atoms with E-state index in [1.165, 1.54) is 11.8 Å². The molecule has 0 saturated heterocycles. The van der Waals surface area contributed by atoms with Crippen LogP contribution < -0.4 is 0 Å². The average Bonchev–Trinajstić information content (AvgIpc) is 2.65. The fraction of sp³-hybridized carbons (Fsp3) is 0.300. The third kappa shape index (κ3) is 2.23. The van der Waals surface area contributed by atoms with Gasteiger partial charge in [-0.25, -0.2) is 4.68 Å². The van der Waals surface area contributed by atoms with Crippen LogP contribution in [-0.2, 0) is 7.05 Å². The Bertz CT molecular complexity index is 483. The molecule has 2 rings (SSSR count). The van der Waals surface area contributed by atoms with Crippen molar-refractivity contribution in [1.29, 1.82) is 0 Å². The van der Waals surface area contributed by atoms with E-state index in [9.17, 15) is 5.11 Å². The molecule has 0 bridgehead atoms. The number of hydrogen-bond donors (Lipinski definition) is 1. The molecule has 0 aliphatic carbocycles. The molecule has 1 N–H and O–H groups in total. The molecule has 0 fully saturated rings. The number of aliphatic hydroxyl groups excluding tert-OH is 1. The highest BCUT2D eigenvalue weighted by Gasteiger charge is 2.11. The minimum absolute atomic E-state index is 0.495. The molecule has 1 aromatic heterocycles. The van der Waals surface area contributed by atoms with Crippen LogP contribution in [0.2, 0.25) is 0 Å². The van der Waals surface area contributed by atoms with Crippen molar-refractivity contribution < 1.29 is 5.11 Å². The van der Waals surface area contributed by atoms with Gasteiger partial charge in [0, 0.05) is 11.9 Å². The van der Waals surface area contributed by atoms with Gasteiger partial charge in [0.1, 0.15) is 0 Å². The van der Waals surface area contributed by atoms with E-state index in [-0.39, 0.29) is 0 Å². The van der Waals surface area contributed by atoms with Crippen LogP contribution in [0, 0.1) is 0 Å². The van der Waals surface area contributed by atoms with Gasteiger partial charge in [-0.1, -0.05) is 18.2 Å². The normalized spacial score (nSPS) is 12.7. The van der Waals surface area contributed by atoms with Crippen LogP contribution in [0.5, 0.6) is 0 Å². The van der Waals surface area contributed by atoms with E-state index in [2.05, 4.69) is 15.5 Å². The summed E-state index contributed by atoms with van der Waals surface area (Å²) in [5.41, 5.74) is 0.885. The number of aliphatic hydroxyl groups is 1. The minimum atomic E-state index is -0.495. The van der Waals surface area contributed by atoms with E-state index in [1.807, 2.05) is 24.3 Å². The van der Waals surface area contributed by atoms with Crippen LogP contribution in [0.15, 0.2) is 34.3 Å². The maximum Gasteiger partial charge on any atom is 0.213 e. The molecule has 6 heteroatoms. The van der Waals surface area contributed by atoms with Gasteiger partial charge in [0.25, 0.3) is 0 Å². The first-order valence-corrected chi connectivity index (χ1v) is 5.67. The Balaban J connectivity index is 2.31. The van der Waals surface area contributed by atoms with E-state index in [4.69, 9.17) is 0 Å². The molecule has 0 amide bonds. The molecule has 1 unspecified atom stereocenters. The van der Waals surface area contributed by atoms with Gasteiger partial charge in [-0.05, 0) is 40.7 Å². The summed E-state index contributed by atoms with van der Waals surface area (Å²) in [7, 11) is 1.79. The third-order valence-corrected chi connectivity index (χ3v) is 3.27. The average molecular weight is 236 g/mol. The molecule has 1 aromatic carbocycles. The van der Waals surface area contributed by atoms with Crippen LogP contribution in [0.1, 0.15) is 18.6 Å². The first-order chi connectivity index (χ1) is 7.68. The number of hydrogen-bond acceptors (Lipinski definition) is 5. The first-order valence-electron chi connectivity index (χ1n) is 4.85. The minimum Gasteiger partial charge on any atom is -0.389 e. The molecule has 0 radical (unpaired) electrons. The maximum atomic E-state index is 9.63. The molecule has 0 saturated carbocycles. The van der Waals surface area contributed by atoms with Crippen molar-refractivity contribution in [1.82, 2.24) is 20.2 Å². The van der Waals surface area contributed by atoms with Crippen LogP contribution in [-0.4, -0.2) is 25.3 Å². The summed E-state index contributed by atoms with van der Waals surface area (Å²) < 4.78 is 1.60. The molecule has 2 aromatic rings. The van der Waals surface area contributed by atoms with Gasteiger partial charge in [-0.15, -0.1) is 5.10 Å². The van der Waals surface area contributed by atoms with Gasteiger partial charge in [0.05, 0.1) is 6.10 Å². The summed E-state index contributed by atoms with van der Waals surface area (Å²) in [4.78, 5) is 0.968. The molecular weight excluding hydrogens is 224 g/mol. The highest BCUT2D eigenvalue weighted by Crippen LogP contribution is 2.31. The number of rotatable bonds is 3. The zero-order chi connectivity index (χ0) is 11.5. The molecule has 16 heavy (non-hydrogen) atoms. The predicted molar refractivity (Wildman–Crippen MR) is 60.0 cm³/mol. The molecule has 5 nitrogen and oxygen atoms in total. The quantitative estimate of drug-likeness (QED) is 0.873. The Labute approximate surface area is 97.5 Å². The summed E-state index contributed by atoms with van der Waals surface area (Å²) >= 11 is 1.44. The lowest BCUT2D eigenvalue weighted by Gasteiger charge is -2.09. The molecule has 0 aliphatic rings. The molecule has 0 spiro atoms. The van der Waals surface area contributed by atoms with Crippen molar-refractivity contribution in [3.8, 4) is 0 Å². The molecule has 0 aliphatic heterocycles. The number of aromatic nitrogens is 4. The molecule has 1 atom stereocenters. The number of benzene rings is 1. The van der Waals surface area contributed by atoms with Gasteiger partial charge >= 0.3 is 0 Å². The third-order valence-electron chi connectivity index (χ3n) is 2.15. The summed E-state index contributed by atoms with van der Waals surface area (Å²) in [5.74, 6) is 0. The largest absolute Gasteiger partial charge is 0.389 e. The molecule has 84 valence electrons. The summed E-state index contributed by atoms with van der Waals surface area (Å²) in [6.45, 7) is 1.74. The Kier molecular flexibility index (Phi) is 3.21. The van der Waals surface area contributed by atoms with E-state index >= 15 is 0 Å². The van der Waals surface area contributed by atoms with Crippen molar-refractivity contribution in [3.05, 3.63) is 29.8 Å². The van der Waals surface area contributed by atoms with Crippen LogP contribution in [0.25, 0.3) is 0 Å². The van der Waals surface area contributed by atoms with Crippen molar-refractivity contribution in [2.75, 3.05) is 0 Å². The maximum absolute atomic E-state index is 9.63. The fourth-order valence-corrected chi connectivity index (χ4v) is 2.27. The van der Waals surface area contributed by atoms with E-state index in [0.717, 1.165) is 10.5 Å². The highest BCUT2D eigenvalue weighted by atomic mass is 32.2. The Morgan fingerprint density at radius 3 is 2.75 bits per heavy atom. The second-order valence-corrected chi connectivity index (χ2v) is 4.41. The predicted octanol–water partition coefficient (Wildman–Crippen LogP) is 1.41. The number of nitrogens with zero attached hydrogens (tertiary/aromatic N) is 4. The van der Waals surface area contributed by atoms with Gasteiger partial charge in [-0.3, -0.25) is 0 Å². The zero-order valence-electron chi connectivity index (χ0n) is 9.03. The lowest BCUT2D eigenvalue weighted by molar-refractivity contribution is 0.196. The summed E-state index contributed by atoms with van der Waals surface area (Å²) in [6.07, 6.45) is -0.495. The SMILES string of the molecule is CC(O)c1ccccc1Sc1nnnn1C. The van der Waals surface area contributed by atoms with Gasteiger partial charge < -0.3 is 5.11 Å². The van der Waals surface area contributed by atoms with E-state index < -0.39 is 6.10 Å². The Morgan fingerprint density at radius 1 is 1.38 bits per heavy atom. The molecule has 1 heterocycles. The van der Waals surface area contributed by atoms with E-state index in [0.29, 0.717) is 5.16 Å². The van der Waals surface area contributed by atoms with Crippen molar-refractivity contribution in [2.45, 2.75) is 23.1 Å². The topological polar surface area (TPSA) is 63.8 Å². The smallest absolute Gasteiger partial charge is 0.213 e. The first kappa shape index (κ1) is 11.1. The molecular formula is C10H12N4OS. The van der Waals surface area contributed by atoms with Crippen molar-refractivity contribution in [3.63, 3.8) is 0 Å². The van der Waals surface area contributed by atoms with Crippen molar-refractivity contribution >= 4 is 11.8 Å².